The number of carbonyl (C=O) groups excluding carboxylic acids is 1. The van der Waals surface area contributed by atoms with Crippen LogP contribution in [-0.4, -0.2) is 5.97 Å². The molecule has 122 valence electrons. The molecule has 2 rings (SSSR count). The third-order valence-corrected chi connectivity index (χ3v) is 4.76. The summed E-state index contributed by atoms with van der Waals surface area (Å²) in [5, 5.41) is 0.577. The lowest BCUT2D eigenvalue weighted by Crippen LogP contribution is -2.00. The molecule has 0 radical (unpaired) electrons. The Morgan fingerprint density at radius 1 is 1.04 bits per heavy atom. The summed E-state index contributed by atoms with van der Waals surface area (Å²) in [5.41, 5.74) is 1.82. The van der Waals surface area contributed by atoms with Gasteiger partial charge in [0.2, 0.25) is 0 Å². The summed E-state index contributed by atoms with van der Waals surface area (Å²) in [6.45, 7) is 2.21. The van der Waals surface area contributed by atoms with Gasteiger partial charge in [-0.2, -0.15) is 0 Å². The van der Waals surface area contributed by atoms with Crippen LogP contribution in [0.2, 0.25) is 5.02 Å². The highest BCUT2D eigenvalue weighted by Gasteiger charge is 2.10. The Kier molecular flexibility index (Phi) is 7.50. The van der Waals surface area contributed by atoms with Crippen LogP contribution in [0.1, 0.15) is 48.5 Å². The summed E-state index contributed by atoms with van der Waals surface area (Å²) in [6, 6.07) is 14.9. The minimum atomic E-state index is -0.354. The number of rotatable bonds is 8. The second-order valence-corrected chi connectivity index (χ2v) is 6.57. The van der Waals surface area contributed by atoms with Gasteiger partial charge in [0.1, 0.15) is 0 Å². The molecule has 0 aromatic heterocycles. The van der Waals surface area contributed by atoms with Crippen molar-refractivity contribution in [2.24, 2.45) is 0 Å². The Morgan fingerprint density at radius 2 is 1.78 bits per heavy atom. The predicted octanol–water partition coefficient (Wildman–Crippen LogP) is 6.33. The van der Waals surface area contributed by atoms with Crippen molar-refractivity contribution in [3.8, 4) is 0 Å². The number of unbranched alkanes of at least 4 members (excludes halogenated alkanes) is 3. The monoisotopic (exact) mass is 348 g/mol. The van der Waals surface area contributed by atoms with Crippen LogP contribution in [0.25, 0.3) is 0 Å². The van der Waals surface area contributed by atoms with Crippen LogP contribution >= 0.6 is 23.6 Å². The van der Waals surface area contributed by atoms with Gasteiger partial charge in [-0.3, -0.25) is 0 Å². The minimum Gasteiger partial charge on any atom is -0.382 e. The molecule has 0 N–H and O–H groups in total. The second kappa shape index (κ2) is 9.64. The quantitative estimate of drug-likeness (QED) is 0.412. The molecule has 0 unspecified atom stereocenters. The van der Waals surface area contributed by atoms with Gasteiger partial charge in [0.25, 0.3) is 0 Å². The van der Waals surface area contributed by atoms with Crippen LogP contribution in [-0.2, 0) is 10.6 Å². The zero-order valence-corrected chi connectivity index (χ0v) is 14.8. The van der Waals surface area contributed by atoms with E-state index in [0.717, 1.165) is 23.4 Å². The van der Waals surface area contributed by atoms with Gasteiger partial charge in [0.05, 0.1) is 27.5 Å². The zero-order valence-electron chi connectivity index (χ0n) is 13.3. The van der Waals surface area contributed by atoms with Crippen LogP contribution in [0.5, 0.6) is 0 Å². The van der Waals surface area contributed by atoms with Gasteiger partial charge >= 0.3 is 5.97 Å². The van der Waals surface area contributed by atoms with E-state index in [1.807, 2.05) is 42.5 Å². The maximum absolute atomic E-state index is 12.1. The number of benzene rings is 2. The first kappa shape index (κ1) is 17.9. The van der Waals surface area contributed by atoms with Crippen LogP contribution in [0.4, 0.5) is 0 Å². The lowest BCUT2D eigenvalue weighted by molar-refractivity contribution is 0.0768. The summed E-state index contributed by atoms with van der Waals surface area (Å²) in [4.78, 5) is 12.8. The molecule has 0 bridgehead atoms. The summed E-state index contributed by atoms with van der Waals surface area (Å²) in [7, 11) is 0. The SMILES string of the molecule is CCCCCCc1ccc(C(=O)OSc2ccccc2Cl)cc1. The lowest BCUT2D eigenvalue weighted by atomic mass is 10.0. The number of aryl methyl sites for hydroxylation is 1. The first-order chi connectivity index (χ1) is 11.2. The molecule has 2 nitrogen and oxygen atoms in total. The maximum atomic E-state index is 12.1. The average Bonchev–Trinajstić information content (AvgIpc) is 2.58. The minimum absolute atomic E-state index is 0.354. The van der Waals surface area contributed by atoms with E-state index in [1.165, 1.54) is 31.2 Å². The Morgan fingerprint density at radius 3 is 2.48 bits per heavy atom. The van der Waals surface area contributed by atoms with E-state index in [1.54, 1.807) is 6.07 Å². The van der Waals surface area contributed by atoms with E-state index in [4.69, 9.17) is 15.8 Å². The van der Waals surface area contributed by atoms with Crippen LogP contribution in [0.3, 0.4) is 0 Å². The highest BCUT2D eigenvalue weighted by Crippen LogP contribution is 2.28. The molecule has 0 heterocycles. The number of halogens is 1. The first-order valence-electron chi connectivity index (χ1n) is 7.93. The fourth-order valence-corrected chi connectivity index (χ4v) is 2.98. The molecule has 23 heavy (non-hydrogen) atoms. The largest absolute Gasteiger partial charge is 0.382 e. The molecule has 2 aromatic rings. The van der Waals surface area contributed by atoms with Crippen molar-refractivity contribution in [3.63, 3.8) is 0 Å². The highest BCUT2D eigenvalue weighted by atomic mass is 35.5. The maximum Gasteiger partial charge on any atom is 0.350 e. The van der Waals surface area contributed by atoms with Crippen molar-refractivity contribution in [3.05, 3.63) is 64.7 Å². The molecule has 0 saturated heterocycles. The first-order valence-corrected chi connectivity index (χ1v) is 9.05. The summed E-state index contributed by atoms with van der Waals surface area (Å²) >= 11 is 7.03. The smallest absolute Gasteiger partial charge is 0.350 e. The Hall–Kier alpha value is -1.45. The Labute approximate surface area is 147 Å². The van der Waals surface area contributed by atoms with E-state index in [2.05, 4.69) is 6.92 Å². The highest BCUT2D eigenvalue weighted by molar-refractivity contribution is 7.95. The van der Waals surface area contributed by atoms with Gasteiger partial charge in [0, 0.05) is 0 Å². The van der Waals surface area contributed by atoms with Gasteiger partial charge in [-0.1, -0.05) is 62.1 Å². The Bertz CT molecular complexity index is 626. The fourth-order valence-electron chi connectivity index (χ4n) is 2.21. The average molecular weight is 349 g/mol. The normalized spacial score (nSPS) is 10.5. The molecule has 0 atom stereocenters. The van der Waals surface area contributed by atoms with Crippen molar-refractivity contribution in [1.29, 1.82) is 0 Å². The summed E-state index contributed by atoms with van der Waals surface area (Å²) < 4.78 is 5.24. The third-order valence-electron chi connectivity index (χ3n) is 3.55. The number of hydrogen-bond acceptors (Lipinski definition) is 3. The van der Waals surface area contributed by atoms with Crippen molar-refractivity contribution < 1.29 is 8.98 Å². The Balaban J connectivity index is 1.84. The third kappa shape index (κ3) is 5.92. The van der Waals surface area contributed by atoms with Crippen LogP contribution < -0.4 is 0 Å². The predicted molar refractivity (Wildman–Crippen MR) is 97.0 cm³/mol. The summed E-state index contributed by atoms with van der Waals surface area (Å²) in [5.74, 6) is -0.354. The van der Waals surface area contributed by atoms with Gasteiger partial charge in [0.15, 0.2) is 0 Å². The fraction of sp³-hybridized carbons (Fsp3) is 0.316. The van der Waals surface area contributed by atoms with Crippen molar-refractivity contribution in [2.75, 3.05) is 0 Å². The molecule has 0 saturated carbocycles. The van der Waals surface area contributed by atoms with Crippen molar-refractivity contribution in [1.82, 2.24) is 0 Å². The standard InChI is InChI=1S/C19H21ClO2S/c1-2-3-4-5-8-15-11-13-16(14-12-15)19(21)22-23-18-10-7-6-9-17(18)20/h6-7,9-14H,2-5,8H2,1H3. The van der Waals surface area contributed by atoms with Gasteiger partial charge in [-0.15, -0.1) is 0 Å². The van der Waals surface area contributed by atoms with E-state index in [9.17, 15) is 4.79 Å². The van der Waals surface area contributed by atoms with Gasteiger partial charge in [-0.05, 0) is 42.7 Å². The number of carbonyl (C=O) groups is 1. The van der Waals surface area contributed by atoms with E-state index in [-0.39, 0.29) is 5.97 Å². The topological polar surface area (TPSA) is 26.3 Å². The second-order valence-electron chi connectivity index (χ2n) is 5.39. The van der Waals surface area contributed by atoms with E-state index in [0.29, 0.717) is 10.6 Å². The molecule has 0 aliphatic heterocycles. The molecule has 2 aromatic carbocycles. The molecule has 4 heteroatoms. The van der Waals surface area contributed by atoms with E-state index < -0.39 is 0 Å². The zero-order chi connectivity index (χ0) is 16.5. The molecule has 0 aliphatic carbocycles. The molecule has 0 amide bonds. The van der Waals surface area contributed by atoms with Crippen LogP contribution in [0, 0.1) is 0 Å². The molecule has 0 spiro atoms. The molecule has 0 aliphatic rings. The lowest BCUT2D eigenvalue weighted by Gasteiger charge is -2.05. The van der Waals surface area contributed by atoms with Crippen molar-refractivity contribution >= 4 is 29.6 Å². The summed E-state index contributed by atoms with van der Waals surface area (Å²) in [6.07, 6.45) is 6.04. The molecular weight excluding hydrogens is 328 g/mol. The molecule has 0 fully saturated rings. The van der Waals surface area contributed by atoms with Gasteiger partial charge in [-0.25, -0.2) is 4.79 Å². The van der Waals surface area contributed by atoms with E-state index >= 15 is 0 Å². The van der Waals surface area contributed by atoms with Gasteiger partial charge < -0.3 is 4.18 Å². The van der Waals surface area contributed by atoms with Crippen LogP contribution in [0.15, 0.2) is 53.4 Å². The van der Waals surface area contributed by atoms with Crippen molar-refractivity contribution in [2.45, 2.75) is 43.9 Å². The number of hydrogen-bond donors (Lipinski definition) is 0. The molecular formula is C19H21ClO2S.